The summed E-state index contributed by atoms with van der Waals surface area (Å²) in [4.78, 5) is 22.9. The second-order valence-corrected chi connectivity index (χ2v) is 4.44. The highest BCUT2D eigenvalue weighted by molar-refractivity contribution is 5.89. The first-order valence-corrected chi connectivity index (χ1v) is 6.27. The largest absolute Gasteiger partial charge is 0.326 e. The number of nitrogens with zero attached hydrogens (tertiary/aromatic N) is 1. The summed E-state index contributed by atoms with van der Waals surface area (Å²) >= 11 is 0. The van der Waals surface area contributed by atoms with E-state index in [1.54, 1.807) is 23.0 Å². The highest BCUT2D eigenvalue weighted by Gasteiger charge is 2.07. The van der Waals surface area contributed by atoms with E-state index in [0.717, 1.165) is 18.5 Å². The minimum absolute atomic E-state index is 0.117. The molecule has 0 saturated carbocycles. The molecule has 0 aliphatic carbocycles. The third-order valence-electron chi connectivity index (χ3n) is 2.73. The molecule has 5 heteroatoms. The number of amides is 1. The fraction of sp³-hybridized carbons (Fsp3) is 0.286. The second kappa shape index (κ2) is 5.56. The Balaban J connectivity index is 2.36. The zero-order valence-corrected chi connectivity index (χ0v) is 11.1. The van der Waals surface area contributed by atoms with E-state index in [1.165, 1.54) is 6.92 Å². The van der Waals surface area contributed by atoms with Gasteiger partial charge in [0.2, 0.25) is 5.91 Å². The minimum atomic E-state index is -0.130. The highest BCUT2D eigenvalue weighted by Crippen LogP contribution is 2.19. The molecule has 0 saturated heterocycles. The van der Waals surface area contributed by atoms with Gasteiger partial charge in [-0.15, -0.1) is 0 Å². The van der Waals surface area contributed by atoms with Crippen molar-refractivity contribution < 1.29 is 4.79 Å². The number of nitrogens with one attached hydrogen (secondary N) is 2. The first-order valence-electron chi connectivity index (χ1n) is 6.27. The number of hydrogen-bond acceptors (Lipinski definition) is 2. The quantitative estimate of drug-likeness (QED) is 0.884. The zero-order valence-electron chi connectivity index (χ0n) is 11.1. The van der Waals surface area contributed by atoms with E-state index in [9.17, 15) is 9.59 Å². The Morgan fingerprint density at radius 1 is 1.42 bits per heavy atom. The van der Waals surface area contributed by atoms with Gasteiger partial charge >= 0.3 is 0 Å². The number of carbonyl (C=O) groups is 1. The van der Waals surface area contributed by atoms with E-state index >= 15 is 0 Å². The zero-order chi connectivity index (χ0) is 13.8. The molecule has 0 unspecified atom stereocenters. The van der Waals surface area contributed by atoms with Crippen LogP contribution in [0.4, 0.5) is 5.69 Å². The first-order chi connectivity index (χ1) is 9.10. The lowest BCUT2D eigenvalue weighted by Gasteiger charge is -2.03. The second-order valence-electron chi connectivity index (χ2n) is 4.44. The van der Waals surface area contributed by atoms with Gasteiger partial charge in [0.25, 0.3) is 5.56 Å². The highest BCUT2D eigenvalue weighted by atomic mass is 16.1. The van der Waals surface area contributed by atoms with Crippen molar-refractivity contribution in [2.45, 2.75) is 26.8 Å². The summed E-state index contributed by atoms with van der Waals surface area (Å²) < 4.78 is 1.78. The molecule has 2 aromatic rings. The van der Waals surface area contributed by atoms with Crippen LogP contribution in [-0.2, 0) is 11.3 Å². The maximum absolute atomic E-state index is 11.9. The van der Waals surface area contributed by atoms with Crippen LogP contribution in [0.5, 0.6) is 0 Å². The van der Waals surface area contributed by atoms with E-state index in [-0.39, 0.29) is 11.5 Å². The molecule has 19 heavy (non-hydrogen) atoms. The van der Waals surface area contributed by atoms with Gasteiger partial charge < -0.3 is 5.32 Å². The Hall–Kier alpha value is -2.30. The Labute approximate surface area is 111 Å². The monoisotopic (exact) mass is 259 g/mol. The van der Waals surface area contributed by atoms with E-state index < -0.39 is 0 Å². The summed E-state index contributed by atoms with van der Waals surface area (Å²) in [5, 5.41) is 5.49. The Kier molecular flexibility index (Phi) is 3.85. The summed E-state index contributed by atoms with van der Waals surface area (Å²) in [5.74, 6) is -0.130. The lowest BCUT2D eigenvalue weighted by molar-refractivity contribution is -0.114. The van der Waals surface area contributed by atoms with Crippen molar-refractivity contribution in [2.24, 2.45) is 0 Å². The van der Waals surface area contributed by atoms with Crippen LogP contribution in [0.15, 0.2) is 35.3 Å². The predicted molar refractivity (Wildman–Crippen MR) is 75.1 cm³/mol. The van der Waals surface area contributed by atoms with E-state index in [4.69, 9.17) is 0 Å². The van der Waals surface area contributed by atoms with Crippen LogP contribution in [0, 0.1) is 0 Å². The van der Waals surface area contributed by atoms with E-state index in [0.29, 0.717) is 11.3 Å². The number of aromatic nitrogens is 2. The van der Waals surface area contributed by atoms with Crippen molar-refractivity contribution in [3.8, 4) is 11.1 Å². The lowest BCUT2D eigenvalue weighted by atomic mass is 10.1. The lowest BCUT2D eigenvalue weighted by Crippen LogP contribution is -2.07. The fourth-order valence-corrected chi connectivity index (χ4v) is 1.97. The molecule has 1 amide bonds. The van der Waals surface area contributed by atoms with Gasteiger partial charge in [-0.3, -0.25) is 19.4 Å². The van der Waals surface area contributed by atoms with Crippen LogP contribution in [0.25, 0.3) is 11.1 Å². The Bertz CT molecular complexity index is 640. The fourth-order valence-electron chi connectivity index (χ4n) is 1.97. The molecule has 1 aromatic heterocycles. The number of rotatable bonds is 4. The van der Waals surface area contributed by atoms with Gasteiger partial charge in [-0.25, -0.2) is 0 Å². The van der Waals surface area contributed by atoms with E-state index in [2.05, 4.69) is 17.3 Å². The third-order valence-corrected chi connectivity index (χ3v) is 2.73. The Morgan fingerprint density at radius 3 is 2.89 bits per heavy atom. The smallest absolute Gasteiger partial charge is 0.271 e. The molecule has 0 spiro atoms. The van der Waals surface area contributed by atoms with E-state index in [1.807, 2.05) is 12.1 Å². The summed E-state index contributed by atoms with van der Waals surface area (Å²) in [6, 6.07) is 7.26. The molecular weight excluding hydrogens is 242 g/mol. The predicted octanol–water partition coefficient (Wildman–Crippen LogP) is 2.21. The number of aryl methyl sites for hydroxylation is 1. The summed E-state index contributed by atoms with van der Waals surface area (Å²) in [5.41, 5.74) is 1.98. The van der Waals surface area contributed by atoms with Gasteiger partial charge in [0.05, 0.1) is 5.56 Å². The van der Waals surface area contributed by atoms with Crippen LogP contribution < -0.4 is 10.9 Å². The van der Waals surface area contributed by atoms with Crippen molar-refractivity contribution in [3.63, 3.8) is 0 Å². The van der Waals surface area contributed by atoms with Gasteiger partial charge in [-0.2, -0.15) is 0 Å². The first kappa shape index (κ1) is 13.1. The summed E-state index contributed by atoms with van der Waals surface area (Å²) in [6.07, 6.45) is 2.76. The molecule has 0 radical (unpaired) electrons. The summed E-state index contributed by atoms with van der Waals surface area (Å²) in [6.45, 7) is 4.28. The van der Waals surface area contributed by atoms with Crippen LogP contribution in [0.1, 0.15) is 20.3 Å². The molecular formula is C14H17N3O2. The summed E-state index contributed by atoms with van der Waals surface area (Å²) in [7, 11) is 0. The Morgan fingerprint density at radius 2 is 2.21 bits per heavy atom. The topological polar surface area (TPSA) is 66.9 Å². The van der Waals surface area contributed by atoms with Crippen molar-refractivity contribution >= 4 is 11.6 Å². The molecule has 2 N–H and O–H groups in total. The molecule has 1 aromatic carbocycles. The van der Waals surface area contributed by atoms with Gasteiger partial charge in [0.1, 0.15) is 0 Å². The molecule has 1 heterocycles. The molecule has 0 aliphatic rings. The van der Waals surface area contributed by atoms with Crippen molar-refractivity contribution in [1.29, 1.82) is 0 Å². The number of hydrogen-bond donors (Lipinski definition) is 2. The average molecular weight is 259 g/mol. The minimum Gasteiger partial charge on any atom is -0.326 e. The van der Waals surface area contributed by atoms with Crippen LogP contribution in [0.3, 0.4) is 0 Å². The maximum Gasteiger partial charge on any atom is 0.271 e. The third kappa shape index (κ3) is 3.13. The molecule has 2 rings (SSSR count). The SMILES string of the molecule is CCCn1cc(-c2cccc(NC(C)=O)c2)c(=O)[nH]1. The number of anilines is 1. The van der Waals surface area contributed by atoms with Gasteiger partial charge in [0.15, 0.2) is 0 Å². The van der Waals surface area contributed by atoms with Gasteiger partial charge in [-0.1, -0.05) is 19.1 Å². The van der Waals surface area contributed by atoms with Crippen LogP contribution in [-0.4, -0.2) is 15.7 Å². The molecule has 0 bridgehead atoms. The molecule has 5 nitrogen and oxygen atoms in total. The van der Waals surface area contributed by atoms with Crippen LogP contribution >= 0.6 is 0 Å². The van der Waals surface area contributed by atoms with Crippen molar-refractivity contribution in [1.82, 2.24) is 9.78 Å². The number of H-pyrrole nitrogens is 1. The molecule has 100 valence electrons. The standard InChI is InChI=1S/C14H17N3O2/c1-3-7-17-9-13(14(19)16-17)11-5-4-6-12(8-11)15-10(2)18/h4-6,8-9H,3,7H2,1-2H3,(H,15,18)(H,16,19). The number of benzene rings is 1. The number of aromatic amines is 1. The van der Waals surface area contributed by atoms with Crippen molar-refractivity contribution in [2.75, 3.05) is 5.32 Å². The van der Waals surface area contributed by atoms with Crippen LogP contribution in [0.2, 0.25) is 0 Å². The van der Waals surface area contributed by atoms with Gasteiger partial charge in [-0.05, 0) is 24.1 Å². The molecule has 0 atom stereocenters. The molecule has 0 aliphatic heterocycles. The van der Waals surface area contributed by atoms with Crippen molar-refractivity contribution in [3.05, 3.63) is 40.8 Å². The molecule has 0 fully saturated rings. The number of carbonyl (C=O) groups excluding carboxylic acids is 1. The normalized spacial score (nSPS) is 10.4. The van der Waals surface area contributed by atoms with Gasteiger partial charge in [0, 0.05) is 25.4 Å². The average Bonchev–Trinajstić information content (AvgIpc) is 2.70. The maximum atomic E-state index is 11.9.